The van der Waals surface area contributed by atoms with Crippen molar-refractivity contribution < 1.29 is 13.5 Å². The Kier molecular flexibility index (Phi) is 5.54. The molecule has 20 heavy (non-hydrogen) atoms. The van der Waals surface area contributed by atoms with E-state index in [4.69, 9.17) is 0 Å². The second-order valence-electron chi connectivity index (χ2n) is 5.42. The predicted molar refractivity (Wildman–Crippen MR) is 83.9 cm³/mol. The maximum atomic E-state index is 12.8. The molecule has 0 aliphatic rings. The van der Waals surface area contributed by atoms with Crippen molar-refractivity contribution in [1.82, 2.24) is 4.31 Å². The first-order chi connectivity index (χ1) is 9.14. The van der Waals surface area contributed by atoms with Gasteiger partial charge < -0.3 is 5.11 Å². The fourth-order valence-electron chi connectivity index (χ4n) is 1.81. The molecule has 0 amide bonds. The van der Waals surface area contributed by atoms with Crippen LogP contribution >= 0.6 is 15.9 Å². The van der Waals surface area contributed by atoms with Crippen molar-refractivity contribution in [2.45, 2.75) is 37.8 Å². The first-order valence-corrected chi connectivity index (χ1v) is 8.41. The van der Waals surface area contributed by atoms with E-state index >= 15 is 0 Å². The van der Waals surface area contributed by atoms with Crippen molar-refractivity contribution in [3.63, 3.8) is 0 Å². The van der Waals surface area contributed by atoms with Crippen LogP contribution in [0.1, 0.15) is 26.3 Å². The monoisotopic (exact) mass is 361 g/mol. The van der Waals surface area contributed by atoms with Gasteiger partial charge in [0.25, 0.3) is 0 Å². The highest BCUT2D eigenvalue weighted by Crippen LogP contribution is 2.30. The number of hydrogen-bond donors (Lipinski definition) is 1. The largest absolute Gasteiger partial charge is 0.392 e. The molecule has 4 nitrogen and oxygen atoms in total. The number of aliphatic hydroxyl groups excluding tert-OH is 1. The van der Waals surface area contributed by atoms with Crippen molar-refractivity contribution in [3.05, 3.63) is 40.9 Å². The van der Waals surface area contributed by atoms with Gasteiger partial charge in [0.1, 0.15) is 0 Å². The predicted octanol–water partition coefficient (Wildman–Crippen LogP) is 2.92. The Morgan fingerprint density at radius 2 is 2.00 bits per heavy atom. The lowest BCUT2D eigenvalue weighted by Crippen LogP contribution is -2.45. The maximum absolute atomic E-state index is 12.8. The maximum Gasteiger partial charge on any atom is 0.244 e. The van der Waals surface area contributed by atoms with E-state index in [1.165, 1.54) is 10.4 Å². The SMILES string of the molecule is C=CCN(C(C)(C)C)S(=O)(=O)c1cc(CO)ccc1Br. The van der Waals surface area contributed by atoms with Gasteiger partial charge in [0.15, 0.2) is 0 Å². The number of halogens is 1. The van der Waals surface area contributed by atoms with Crippen molar-refractivity contribution in [2.75, 3.05) is 6.54 Å². The van der Waals surface area contributed by atoms with Crippen molar-refractivity contribution in [1.29, 1.82) is 0 Å². The van der Waals surface area contributed by atoms with E-state index in [-0.39, 0.29) is 18.0 Å². The minimum absolute atomic E-state index is 0.154. The molecule has 1 aromatic carbocycles. The summed E-state index contributed by atoms with van der Waals surface area (Å²) in [4.78, 5) is 0.154. The molecule has 0 atom stereocenters. The third-order valence-electron chi connectivity index (χ3n) is 2.79. The van der Waals surface area contributed by atoms with Crippen molar-refractivity contribution >= 4 is 26.0 Å². The first-order valence-electron chi connectivity index (χ1n) is 6.17. The lowest BCUT2D eigenvalue weighted by Gasteiger charge is -2.34. The van der Waals surface area contributed by atoms with Crippen LogP contribution in [0.2, 0.25) is 0 Å². The number of sulfonamides is 1. The Morgan fingerprint density at radius 3 is 2.45 bits per heavy atom. The van der Waals surface area contributed by atoms with Crippen LogP contribution in [0, 0.1) is 0 Å². The summed E-state index contributed by atoms with van der Waals surface area (Å²) in [7, 11) is -3.68. The van der Waals surface area contributed by atoms with Crippen LogP contribution in [0.4, 0.5) is 0 Å². The van der Waals surface area contributed by atoms with E-state index in [1.54, 1.807) is 18.2 Å². The minimum Gasteiger partial charge on any atom is -0.392 e. The highest BCUT2D eigenvalue weighted by Gasteiger charge is 2.34. The lowest BCUT2D eigenvalue weighted by atomic mass is 10.1. The second kappa shape index (κ2) is 6.39. The zero-order valence-electron chi connectivity index (χ0n) is 11.9. The molecule has 1 rings (SSSR count). The summed E-state index contributed by atoms with van der Waals surface area (Å²) in [5, 5.41) is 9.18. The molecule has 0 fully saturated rings. The molecule has 0 bridgehead atoms. The van der Waals surface area contributed by atoms with Crippen LogP contribution in [0.15, 0.2) is 40.2 Å². The summed E-state index contributed by atoms with van der Waals surface area (Å²) in [5.41, 5.74) is -0.0129. The Balaban J connectivity index is 3.44. The van der Waals surface area contributed by atoms with Gasteiger partial charge in [-0.1, -0.05) is 12.1 Å². The molecule has 0 saturated heterocycles. The highest BCUT2D eigenvalue weighted by molar-refractivity contribution is 9.10. The average molecular weight is 362 g/mol. The standard InChI is InChI=1S/C14H20BrNO3S/c1-5-8-16(14(2,3)4)20(18,19)13-9-11(10-17)6-7-12(13)15/h5-7,9,17H,1,8,10H2,2-4H3. The second-order valence-corrected chi connectivity index (χ2v) is 8.10. The molecule has 112 valence electrons. The van der Waals surface area contributed by atoms with E-state index < -0.39 is 15.6 Å². The number of aliphatic hydroxyl groups is 1. The Morgan fingerprint density at radius 1 is 1.40 bits per heavy atom. The zero-order chi connectivity index (χ0) is 15.6. The third kappa shape index (κ3) is 3.69. The summed E-state index contributed by atoms with van der Waals surface area (Å²) in [6.07, 6.45) is 1.56. The van der Waals surface area contributed by atoms with Gasteiger partial charge in [-0.15, -0.1) is 6.58 Å². The third-order valence-corrected chi connectivity index (χ3v) is 5.91. The van der Waals surface area contributed by atoms with Gasteiger partial charge in [-0.05, 0) is 54.4 Å². The molecule has 1 N–H and O–H groups in total. The summed E-state index contributed by atoms with van der Waals surface area (Å²) in [6, 6.07) is 4.80. The van der Waals surface area contributed by atoms with Crippen LogP contribution < -0.4 is 0 Å². The number of hydrogen-bond acceptors (Lipinski definition) is 3. The number of benzene rings is 1. The van der Waals surface area contributed by atoms with Crippen LogP contribution in [-0.2, 0) is 16.6 Å². The normalized spacial score (nSPS) is 12.7. The van der Waals surface area contributed by atoms with Gasteiger partial charge in [0, 0.05) is 16.6 Å². The quantitative estimate of drug-likeness (QED) is 0.820. The van der Waals surface area contributed by atoms with E-state index in [0.29, 0.717) is 10.0 Å². The van der Waals surface area contributed by atoms with Crippen molar-refractivity contribution in [2.24, 2.45) is 0 Å². The molecule has 0 aromatic heterocycles. The fourth-order valence-corrected chi connectivity index (χ4v) is 4.55. The number of nitrogens with zero attached hydrogens (tertiary/aromatic N) is 1. The van der Waals surface area contributed by atoms with Crippen molar-refractivity contribution in [3.8, 4) is 0 Å². The topological polar surface area (TPSA) is 57.6 Å². The molecule has 0 spiro atoms. The smallest absolute Gasteiger partial charge is 0.244 e. The van der Waals surface area contributed by atoms with E-state index in [1.807, 2.05) is 20.8 Å². The summed E-state index contributed by atoms with van der Waals surface area (Å²) < 4.78 is 27.5. The van der Waals surface area contributed by atoms with Crippen LogP contribution in [0.25, 0.3) is 0 Å². The molecule has 0 radical (unpaired) electrons. The van der Waals surface area contributed by atoms with Gasteiger partial charge in [0.05, 0.1) is 11.5 Å². The lowest BCUT2D eigenvalue weighted by molar-refractivity contribution is 0.269. The molecule has 0 aliphatic heterocycles. The van der Waals surface area contributed by atoms with Gasteiger partial charge in [-0.2, -0.15) is 4.31 Å². The van der Waals surface area contributed by atoms with Gasteiger partial charge in [-0.25, -0.2) is 8.42 Å². The van der Waals surface area contributed by atoms with Crippen LogP contribution in [0.3, 0.4) is 0 Å². The van der Waals surface area contributed by atoms with Gasteiger partial charge >= 0.3 is 0 Å². The van der Waals surface area contributed by atoms with E-state index in [0.717, 1.165) is 0 Å². The van der Waals surface area contributed by atoms with E-state index in [9.17, 15) is 13.5 Å². The molecular weight excluding hydrogens is 342 g/mol. The van der Waals surface area contributed by atoms with Gasteiger partial charge in [0.2, 0.25) is 10.0 Å². The highest BCUT2D eigenvalue weighted by atomic mass is 79.9. The number of rotatable bonds is 5. The Bertz CT molecular complexity index is 591. The average Bonchev–Trinajstić information content (AvgIpc) is 2.34. The van der Waals surface area contributed by atoms with Crippen LogP contribution in [-0.4, -0.2) is 29.9 Å². The van der Waals surface area contributed by atoms with E-state index in [2.05, 4.69) is 22.5 Å². The first kappa shape index (κ1) is 17.4. The fraction of sp³-hybridized carbons (Fsp3) is 0.429. The van der Waals surface area contributed by atoms with Gasteiger partial charge in [-0.3, -0.25) is 0 Å². The molecule has 0 saturated carbocycles. The Labute approximate surface area is 129 Å². The molecule has 0 heterocycles. The molecular formula is C14H20BrNO3S. The summed E-state index contributed by atoms with van der Waals surface area (Å²) in [5.74, 6) is 0. The van der Waals surface area contributed by atoms with Crippen LogP contribution in [0.5, 0.6) is 0 Å². The molecule has 6 heteroatoms. The zero-order valence-corrected chi connectivity index (χ0v) is 14.3. The summed E-state index contributed by atoms with van der Waals surface area (Å²) in [6.45, 7) is 9.14. The molecule has 1 aromatic rings. The molecule has 0 unspecified atom stereocenters. The minimum atomic E-state index is -3.68. The molecule has 0 aliphatic carbocycles. The summed E-state index contributed by atoms with van der Waals surface area (Å²) >= 11 is 3.27. The Hall–Kier alpha value is -0.690.